The summed E-state index contributed by atoms with van der Waals surface area (Å²) in [6.07, 6.45) is 0.435. The van der Waals surface area contributed by atoms with E-state index in [1.807, 2.05) is 60.7 Å². The molecule has 0 aliphatic heterocycles. The number of rotatable bonds is 24. The van der Waals surface area contributed by atoms with Gasteiger partial charge in [-0.1, -0.05) is 84.9 Å². The molecule has 20 nitrogen and oxygen atoms in total. The molecule has 0 saturated carbocycles. The van der Waals surface area contributed by atoms with Gasteiger partial charge in [-0.05, 0) is 79.8 Å². The van der Waals surface area contributed by atoms with Gasteiger partial charge in [-0.2, -0.15) is 46.7 Å². The first-order valence-corrected chi connectivity index (χ1v) is 25.3. The first kappa shape index (κ1) is 52.9. The number of nitrogens with one attached hydrogen (secondary N) is 2. The van der Waals surface area contributed by atoms with Crippen molar-refractivity contribution in [2.45, 2.75) is 75.6 Å². The van der Waals surface area contributed by atoms with Crippen LogP contribution in [-0.2, 0) is 43.0 Å². The Hall–Kier alpha value is -6.50. The van der Waals surface area contributed by atoms with E-state index >= 15 is 0 Å². The second-order valence-corrected chi connectivity index (χ2v) is 20.0. The lowest BCUT2D eigenvalue weighted by Crippen LogP contribution is -2.38. The Bertz CT molecular complexity index is 2930. The Morgan fingerprint density at radius 1 is 0.571 bits per heavy atom. The van der Waals surface area contributed by atoms with Crippen molar-refractivity contribution in [2.75, 3.05) is 53.7 Å². The van der Waals surface area contributed by atoms with Crippen molar-refractivity contribution >= 4 is 67.6 Å². The summed E-state index contributed by atoms with van der Waals surface area (Å²) in [7, 11) is -7.95. The number of hydrogen-bond donors (Lipinski definition) is 7. The van der Waals surface area contributed by atoms with Crippen LogP contribution in [0.15, 0.2) is 102 Å². The van der Waals surface area contributed by atoms with Gasteiger partial charge < -0.3 is 40.9 Å². The van der Waals surface area contributed by atoms with Crippen molar-refractivity contribution in [1.29, 1.82) is 0 Å². The molecule has 4 atom stereocenters. The maximum atomic E-state index is 13.5. The predicted molar refractivity (Wildman–Crippen MR) is 267 cm³/mol. The zero-order valence-corrected chi connectivity index (χ0v) is 41.0. The molecule has 0 saturated heterocycles. The van der Waals surface area contributed by atoms with E-state index in [2.05, 4.69) is 40.5 Å². The molecule has 7 N–H and O–H groups in total. The van der Waals surface area contributed by atoms with Crippen molar-refractivity contribution in [1.82, 2.24) is 29.9 Å². The lowest BCUT2D eigenvalue weighted by atomic mass is 10.1. The van der Waals surface area contributed by atoms with Crippen LogP contribution in [0.5, 0.6) is 0 Å². The minimum atomic E-state index is -4.59. The van der Waals surface area contributed by atoms with Crippen molar-refractivity contribution < 1.29 is 46.0 Å². The average molecular weight is 999 g/mol. The van der Waals surface area contributed by atoms with Crippen LogP contribution >= 0.6 is 0 Å². The number of nitrogens with zero attached hydrogens (tertiary/aromatic N) is 8. The third-order valence-corrected chi connectivity index (χ3v) is 12.2. The van der Waals surface area contributed by atoms with Crippen molar-refractivity contribution in [3.63, 3.8) is 0 Å². The molecule has 2 heterocycles. The Morgan fingerprint density at radius 2 is 0.986 bits per heavy atom. The molecular formula is C48H58N10O10S2. The van der Waals surface area contributed by atoms with E-state index in [-0.39, 0.29) is 71.7 Å². The number of aromatic nitrogens is 6. The summed E-state index contributed by atoms with van der Waals surface area (Å²) in [5.41, 5.74) is 3.03. The molecule has 0 spiro atoms. The molecule has 6 rings (SSSR count). The summed E-state index contributed by atoms with van der Waals surface area (Å²) < 4.78 is 66.7. The quantitative estimate of drug-likeness (QED) is 0.0245. The molecule has 4 unspecified atom stereocenters. The van der Waals surface area contributed by atoms with Gasteiger partial charge >= 0.3 is 0 Å². The van der Waals surface area contributed by atoms with Gasteiger partial charge in [-0.25, -0.2) is 0 Å². The lowest BCUT2D eigenvalue weighted by molar-refractivity contribution is 0.176. The summed E-state index contributed by atoms with van der Waals surface area (Å²) in [6.45, 7) is 6.83. The van der Waals surface area contributed by atoms with Crippen LogP contribution in [0.2, 0.25) is 0 Å². The van der Waals surface area contributed by atoms with E-state index in [1.165, 1.54) is 30.4 Å². The molecule has 0 amide bonds. The topological polar surface area (TPSA) is 287 Å². The molecule has 372 valence electrons. The fourth-order valence-corrected chi connectivity index (χ4v) is 8.86. The minimum absolute atomic E-state index is 0.0578. The molecule has 0 aliphatic rings. The maximum Gasteiger partial charge on any atom is 0.297 e. The van der Waals surface area contributed by atoms with E-state index in [1.54, 1.807) is 55.7 Å². The molecule has 4 aromatic carbocycles. The summed E-state index contributed by atoms with van der Waals surface area (Å²) in [5.74, 6) is 0.431. The van der Waals surface area contributed by atoms with Crippen LogP contribution in [0.3, 0.4) is 0 Å². The third kappa shape index (κ3) is 16.0. The predicted octanol–water partition coefficient (Wildman–Crippen LogP) is 4.75. The highest BCUT2D eigenvalue weighted by molar-refractivity contribution is 7.86. The molecule has 0 bridgehead atoms. The van der Waals surface area contributed by atoms with Crippen molar-refractivity contribution in [3.8, 4) is 0 Å². The molecule has 0 aliphatic carbocycles. The second kappa shape index (κ2) is 23.9. The normalized spacial score (nSPS) is 13.7. The standard InChI is InChI=1S/C48H58N10O10S2/c1-31(59)26-57(27-32(2)60)47-53-43(22-35-12-8-6-9-13-35)51-45(55-47)49-40-20-18-37(39(24-40)30-69(63,64)65)16-17-38-19-21-41(25-42(38)70(66,67)68-5)50-46-52-44(23-36-14-10-7-11-15-36)54-48(56-46)58(28-33(3)61)29-34(4)62/h6-21,24-25,31-34,59-62H,22-23,26-30H2,1-5H3,(H,63,64,65)(H,49,51,53,55)(H,50,52,54,56)/b17-16+. The highest BCUT2D eigenvalue weighted by Crippen LogP contribution is 2.29. The maximum absolute atomic E-state index is 13.5. The Kier molecular flexibility index (Phi) is 18.0. The van der Waals surface area contributed by atoms with Crippen molar-refractivity contribution in [3.05, 3.63) is 137 Å². The zero-order chi connectivity index (χ0) is 50.6. The van der Waals surface area contributed by atoms with Crippen LogP contribution in [0, 0.1) is 0 Å². The summed E-state index contributed by atoms with van der Waals surface area (Å²) in [6, 6.07) is 28.1. The fourth-order valence-electron chi connectivity index (χ4n) is 7.34. The van der Waals surface area contributed by atoms with Crippen LogP contribution in [0.4, 0.5) is 35.2 Å². The average Bonchev–Trinajstić information content (AvgIpc) is 3.28. The number of aliphatic hydroxyl groups is 4. The van der Waals surface area contributed by atoms with Gasteiger partial charge in [0.05, 0.1) is 31.5 Å². The summed E-state index contributed by atoms with van der Waals surface area (Å²) >= 11 is 0. The number of hydrogen-bond acceptors (Lipinski definition) is 19. The number of anilines is 6. The molecule has 22 heteroatoms. The van der Waals surface area contributed by atoms with Crippen LogP contribution < -0.4 is 20.4 Å². The SMILES string of the molecule is COS(=O)(=O)c1cc(Nc2nc(Cc3ccccc3)nc(N(CC(C)O)CC(C)O)n2)ccc1/C=C/c1ccc(Nc2nc(Cc3ccccc3)nc(N(CC(C)O)CC(C)O)n2)cc1CS(=O)(=O)O. The first-order chi connectivity index (χ1) is 33.2. The highest BCUT2D eigenvalue weighted by Gasteiger charge is 2.22. The zero-order valence-electron chi connectivity index (χ0n) is 39.3. The van der Waals surface area contributed by atoms with Gasteiger partial charge in [-0.3, -0.25) is 8.74 Å². The highest BCUT2D eigenvalue weighted by atomic mass is 32.2. The summed E-state index contributed by atoms with van der Waals surface area (Å²) in [5, 5.41) is 47.3. The van der Waals surface area contributed by atoms with E-state index < -0.39 is 50.4 Å². The van der Waals surface area contributed by atoms with Crippen LogP contribution in [0.1, 0.15) is 67.2 Å². The number of benzene rings is 4. The van der Waals surface area contributed by atoms with Gasteiger partial charge in [-0.15, -0.1) is 0 Å². The lowest BCUT2D eigenvalue weighted by Gasteiger charge is -2.26. The van der Waals surface area contributed by atoms with Crippen LogP contribution in [-0.4, -0.2) is 129 Å². The summed E-state index contributed by atoms with van der Waals surface area (Å²) in [4.78, 5) is 30.7. The van der Waals surface area contributed by atoms with Gasteiger partial charge in [0.15, 0.2) is 0 Å². The first-order valence-electron chi connectivity index (χ1n) is 22.3. The fraction of sp³-hybridized carbons (Fsp3) is 0.333. The molecule has 0 fully saturated rings. The van der Waals surface area contributed by atoms with Gasteiger partial charge in [0.1, 0.15) is 22.3 Å². The Labute approximate surface area is 407 Å². The number of aliphatic hydroxyl groups excluding tert-OH is 4. The molecule has 0 radical (unpaired) electrons. The smallest absolute Gasteiger partial charge is 0.297 e. The molecular weight excluding hydrogens is 941 g/mol. The third-order valence-electron chi connectivity index (χ3n) is 10.2. The van der Waals surface area contributed by atoms with E-state index in [0.29, 0.717) is 35.7 Å². The minimum Gasteiger partial charge on any atom is -0.392 e. The van der Waals surface area contributed by atoms with E-state index in [9.17, 15) is 41.8 Å². The van der Waals surface area contributed by atoms with Gasteiger partial charge in [0, 0.05) is 50.4 Å². The monoisotopic (exact) mass is 998 g/mol. The van der Waals surface area contributed by atoms with E-state index in [0.717, 1.165) is 18.2 Å². The second-order valence-electron chi connectivity index (χ2n) is 16.9. The van der Waals surface area contributed by atoms with Gasteiger partial charge in [0.25, 0.3) is 20.2 Å². The van der Waals surface area contributed by atoms with Gasteiger partial charge in [0.2, 0.25) is 23.8 Å². The largest absolute Gasteiger partial charge is 0.392 e. The molecule has 2 aromatic heterocycles. The Morgan fingerprint density at radius 3 is 1.40 bits per heavy atom. The molecule has 70 heavy (non-hydrogen) atoms. The van der Waals surface area contributed by atoms with E-state index in [4.69, 9.17) is 4.18 Å². The molecule has 6 aromatic rings. The Balaban J connectivity index is 1.35. The van der Waals surface area contributed by atoms with Crippen molar-refractivity contribution in [2.24, 2.45) is 0 Å². The van der Waals surface area contributed by atoms with Crippen LogP contribution in [0.25, 0.3) is 12.2 Å².